The van der Waals surface area contributed by atoms with Gasteiger partial charge in [0.1, 0.15) is 6.17 Å². The third-order valence-corrected chi connectivity index (χ3v) is 3.05. The van der Waals surface area contributed by atoms with E-state index < -0.39 is 6.17 Å². The van der Waals surface area contributed by atoms with Gasteiger partial charge < -0.3 is 5.11 Å². The summed E-state index contributed by atoms with van der Waals surface area (Å²) >= 11 is 3.13. The summed E-state index contributed by atoms with van der Waals surface area (Å²) in [4.78, 5) is 0. The molecule has 0 aromatic heterocycles. The first kappa shape index (κ1) is 14.4. The number of alkyl halides is 2. The molecule has 0 saturated heterocycles. The van der Waals surface area contributed by atoms with Gasteiger partial charge in [-0.3, -0.25) is 0 Å². The van der Waals surface area contributed by atoms with Gasteiger partial charge in [-0.15, -0.1) is 0 Å². The Hall–Kier alpha value is 0.370. The summed E-state index contributed by atoms with van der Waals surface area (Å²) in [6.45, 7) is 0.314. The van der Waals surface area contributed by atoms with Crippen molar-refractivity contribution in [1.29, 1.82) is 0 Å². The van der Waals surface area contributed by atoms with E-state index in [2.05, 4.69) is 15.9 Å². The second-order valence-electron chi connectivity index (χ2n) is 3.74. The molecule has 1 atom stereocenters. The molecule has 0 aliphatic heterocycles. The largest absolute Gasteiger partial charge is 0.396 e. The molecular formula is C11H22BrFO. The molecule has 0 aliphatic carbocycles. The average Bonchev–Trinajstić information content (AvgIpc) is 2.21. The summed E-state index contributed by atoms with van der Waals surface area (Å²) in [6, 6.07) is 0. The Bertz CT molecular complexity index is 111. The van der Waals surface area contributed by atoms with Crippen LogP contribution in [0.1, 0.15) is 51.4 Å². The molecule has 0 spiro atoms. The fourth-order valence-electron chi connectivity index (χ4n) is 1.44. The van der Waals surface area contributed by atoms with Crippen LogP contribution in [0.5, 0.6) is 0 Å². The van der Waals surface area contributed by atoms with Crippen LogP contribution in [0.4, 0.5) is 4.39 Å². The Morgan fingerprint density at radius 2 is 1.43 bits per heavy atom. The van der Waals surface area contributed by atoms with Gasteiger partial charge in [-0.1, -0.05) is 54.5 Å². The lowest BCUT2D eigenvalue weighted by molar-refractivity contribution is 0.282. The minimum absolute atomic E-state index is 0.314. The number of aliphatic hydroxyl groups excluding tert-OH is 1. The molecule has 3 heteroatoms. The summed E-state index contributed by atoms with van der Waals surface area (Å²) in [7, 11) is 0. The van der Waals surface area contributed by atoms with Crippen molar-refractivity contribution in [3.63, 3.8) is 0 Å². The Kier molecular flexibility index (Phi) is 11.7. The number of rotatable bonds is 10. The SMILES string of the molecule is OCCCCCCCCCC(F)CBr. The zero-order chi connectivity index (χ0) is 10.6. The van der Waals surface area contributed by atoms with Gasteiger partial charge in [0.15, 0.2) is 0 Å². The van der Waals surface area contributed by atoms with Crippen LogP contribution in [0.25, 0.3) is 0 Å². The number of unbranched alkanes of at least 4 members (excludes halogenated alkanes) is 6. The third-order valence-electron chi connectivity index (χ3n) is 2.34. The van der Waals surface area contributed by atoms with Crippen LogP contribution in [-0.4, -0.2) is 23.2 Å². The van der Waals surface area contributed by atoms with Crippen molar-refractivity contribution in [3.05, 3.63) is 0 Å². The fourth-order valence-corrected chi connectivity index (χ4v) is 1.76. The van der Waals surface area contributed by atoms with Crippen molar-refractivity contribution >= 4 is 15.9 Å². The molecule has 1 unspecified atom stereocenters. The summed E-state index contributed by atoms with van der Waals surface area (Å²) in [5.41, 5.74) is 0. The highest BCUT2D eigenvalue weighted by molar-refractivity contribution is 9.09. The van der Waals surface area contributed by atoms with Gasteiger partial charge in [-0.2, -0.15) is 0 Å². The average molecular weight is 269 g/mol. The third kappa shape index (κ3) is 10.5. The van der Waals surface area contributed by atoms with Crippen LogP contribution >= 0.6 is 15.9 Å². The van der Waals surface area contributed by atoms with E-state index in [0.29, 0.717) is 18.4 Å². The fraction of sp³-hybridized carbons (Fsp3) is 1.00. The highest BCUT2D eigenvalue weighted by atomic mass is 79.9. The zero-order valence-electron chi connectivity index (χ0n) is 8.85. The standard InChI is InChI=1S/C11H22BrFO/c12-10-11(13)8-6-4-2-1-3-5-7-9-14/h11,14H,1-10H2. The van der Waals surface area contributed by atoms with E-state index in [1.165, 1.54) is 19.3 Å². The summed E-state index contributed by atoms with van der Waals surface area (Å²) in [6.07, 6.45) is 7.88. The van der Waals surface area contributed by atoms with E-state index in [9.17, 15) is 4.39 Å². The molecule has 14 heavy (non-hydrogen) atoms. The first-order valence-corrected chi connectivity index (χ1v) is 6.74. The van der Waals surface area contributed by atoms with Crippen LogP contribution < -0.4 is 0 Å². The quantitative estimate of drug-likeness (QED) is 0.472. The Morgan fingerprint density at radius 1 is 0.929 bits per heavy atom. The molecule has 0 radical (unpaired) electrons. The molecule has 0 fully saturated rings. The summed E-state index contributed by atoms with van der Waals surface area (Å²) in [5, 5.41) is 9.02. The van der Waals surface area contributed by atoms with Crippen LogP contribution in [-0.2, 0) is 0 Å². The summed E-state index contributed by atoms with van der Waals surface area (Å²) in [5.74, 6) is 0. The first-order valence-electron chi connectivity index (χ1n) is 5.62. The maximum Gasteiger partial charge on any atom is 0.110 e. The van der Waals surface area contributed by atoms with Crippen LogP contribution in [0, 0.1) is 0 Å². The van der Waals surface area contributed by atoms with Gasteiger partial charge in [0.25, 0.3) is 0 Å². The van der Waals surface area contributed by atoms with E-state index in [1.807, 2.05) is 0 Å². The van der Waals surface area contributed by atoms with E-state index >= 15 is 0 Å². The van der Waals surface area contributed by atoms with Gasteiger partial charge in [-0.05, 0) is 12.8 Å². The molecule has 1 N–H and O–H groups in total. The molecule has 0 heterocycles. The zero-order valence-corrected chi connectivity index (χ0v) is 10.4. The van der Waals surface area contributed by atoms with Crippen molar-refractivity contribution < 1.29 is 9.50 Å². The van der Waals surface area contributed by atoms with Crippen LogP contribution in [0.15, 0.2) is 0 Å². The maximum atomic E-state index is 12.7. The lowest BCUT2D eigenvalue weighted by Crippen LogP contribution is -2.00. The van der Waals surface area contributed by atoms with E-state index in [1.54, 1.807) is 0 Å². The second kappa shape index (κ2) is 11.4. The van der Waals surface area contributed by atoms with E-state index in [4.69, 9.17) is 5.11 Å². The van der Waals surface area contributed by atoms with Crippen molar-refractivity contribution in [2.24, 2.45) is 0 Å². The minimum atomic E-state index is -0.663. The Morgan fingerprint density at radius 3 is 1.93 bits per heavy atom. The van der Waals surface area contributed by atoms with Crippen LogP contribution in [0.2, 0.25) is 0 Å². The Labute approximate surface area is 95.2 Å². The van der Waals surface area contributed by atoms with Gasteiger partial charge in [0.2, 0.25) is 0 Å². The topological polar surface area (TPSA) is 20.2 Å². The predicted octanol–water partition coefficient (Wildman–Crippen LogP) is 3.83. The van der Waals surface area contributed by atoms with Crippen molar-refractivity contribution in [3.8, 4) is 0 Å². The lowest BCUT2D eigenvalue weighted by atomic mass is 10.1. The highest BCUT2D eigenvalue weighted by Crippen LogP contribution is 2.12. The normalized spacial score (nSPS) is 13.1. The van der Waals surface area contributed by atoms with Crippen LogP contribution in [0.3, 0.4) is 0 Å². The van der Waals surface area contributed by atoms with Gasteiger partial charge in [0.05, 0.1) is 0 Å². The predicted molar refractivity (Wildman–Crippen MR) is 62.7 cm³/mol. The van der Waals surface area contributed by atoms with Crippen molar-refractivity contribution in [2.75, 3.05) is 11.9 Å². The summed E-state index contributed by atoms with van der Waals surface area (Å²) < 4.78 is 12.7. The number of hydrogen-bond donors (Lipinski definition) is 1. The van der Waals surface area contributed by atoms with Gasteiger partial charge in [0, 0.05) is 11.9 Å². The van der Waals surface area contributed by atoms with E-state index in [-0.39, 0.29) is 0 Å². The molecule has 0 bridgehead atoms. The molecule has 86 valence electrons. The molecule has 0 amide bonds. The lowest BCUT2D eigenvalue weighted by Gasteiger charge is -2.03. The molecule has 0 rings (SSSR count). The maximum absolute atomic E-state index is 12.7. The second-order valence-corrected chi connectivity index (χ2v) is 4.39. The van der Waals surface area contributed by atoms with Crippen molar-refractivity contribution in [2.45, 2.75) is 57.5 Å². The first-order chi connectivity index (χ1) is 6.81. The molecule has 0 aromatic rings. The molecular weight excluding hydrogens is 247 g/mol. The van der Waals surface area contributed by atoms with E-state index in [0.717, 1.165) is 25.7 Å². The van der Waals surface area contributed by atoms with Gasteiger partial charge in [-0.25, -0.2) is 4.39 Å². The molecule has 0 saturated carbocycles. The van der Waals surface area contributed by atoms with Gasteiger partial charge >= 0.3 is 0 Å². The smallest absolute Gasteiger partial charge is 0.110 e. The van der Waals surface area contributed by atoms with Crippen molar-refractivity contribution in [1.82, 2.24) is 0 Å². The molecule has 0 aromatic carbocycles. The molecule has 1 nitrogen and oxygen atoms in total. The monoisotopic (exact) mass is 268 g/mol. The highest BCUT2D eigenvalue weighted by Gasteiger charge is 2.02. The minimum Gasteiger partial charge on any atom is -0.396 e. The number of halogens is 2. The molecule has 0 aliphatic rings. The Balaban J connectivity index is 2.92. The number of aliphatic hydroxyl groups is 1. The number of hydrogen-bond acceptors (Lipinski definition) is 1.